The number of amidine groups is 1. The number of carbonyl (C=O) groups is 1. The van der Waals surface area contributed by atoms with Crippen molar-refractivity contribution in [2.75, 3.05) is 12.5 Å². The van der Waals surface area contributed by atoms with Crippen LogP contribution in [-0.4, -0.2) is 34.4 Å². The molecule has 0 fully saturated rings. The Kier molecular flexibility index (Phi) is 7.41. The normalized spacial score (nSPS) is 13.5. The van der Waals surface area contributed by atoms with E-state index in [0.717, 1.165) is 6.42 Å². The van der Waals surface area contributed by atoms with Crippen LogP contribution >= 0.6 is 23.9 Å². The van der Waals surface area contributed by atoms with Crippen LogP contribution in [0.4, 0.5) is 4.79 Å². The number of carbonyl (C=O) groups excluding carboxylic acids is 1. The molecule has 0 radical (unpaired) electrons. The number of aliphatic imine (C=N–C) groups is 1. The molecule has 0 heterocycles. The van der Waals surface area contributed by atoms with Gasteiger partial charge in [-0.1, -0.05) is 6.92 Å². The van der Waals surface area contributed by atoms with E-state index in [2.05, 4.69) is 4.99 Å². The van der Waals surface area contributed by atoms with Crippen LogP contribution in [0.2, 0.25) is 0 Å². The van der Waals surface area contributed by atoms with Crippen molar-refractivity contribution in [1.82, 2.24) is 3.71 Å². The first kappa shape index (κ1) is 14.4. The minimum atomic E-state index is -0.421. The Labute approximate surface area is 99.1 Å². The Bertz CT molecular complexity index is 232. The van der Waals surface area contributed by atoms with Gasteiger partial charge in [-0.2, -0.15) is 0 Å². The lowest BCUT2D eigenvalue weighted by atomic mass is 10.3. The molecule has 15 heavy (non-hydrogen) atoms. The molecule has 0 aliphatic heterocycles. The van der Waals surface area contributed by atoms with E-state index in [1.54, 1.807) is 12.5 Å². The van der Waals surface area contributed by atoms with Crippen molar-refractivity contribution in [2.24, 2.45) is 10.7 Å². The lowest BCUT2D eigenvalue weighted by Crippen LogP contribution is -2.25. The number of nitrogens with two attached hydrogens (primary N) is 1. The first-order chi connectivity index (χ1) is 7.04. The van der Waals surface area contributed by atoms with Gasteiger partial charge in [0.2, 0.25) is 0 Å². The van der Waals surface area contributed by atoms with Crippen molar-refractivity contribution < 1.29 is 9.53 Å². The van der Waals surface area contributed by atoms with Gasteiger partial charge >= 0.3 is 6.03 Å². The first-order valence-electron chi connectivity index (χ1n) is 4.48. The predicted molar refractivity (Wildman–Crippen MR) is 66.7 cm³/mol. The smallest absolute Gasteiger partial charge is 0.368 e. The summed E-state index contributed by atoms with van der Waals surface area (Å²) < 4.78 is 6.58. The van der Waals surface area contributed by atoms with Gasteiger partial charge in [-0.25, -0.2) is 8.51 Å². The summed E-state index contributed by atoms with van der Waals surface area (Å²) in [5, 5.41) is 0. The van der Waals surface area contributed by atoms with Crippen LogP contribution in [0.1, 0.15) is 20.3 Å². The quantitative estimate of drug-likeness (QED) is 0.471. The molecule has 1 atom stereocenters. The van der Waals surface area contributed by atoms with Crippen molar-refractivity contribution in [1.29, 1.82) is 0 Å². The Morgan fingerprint density at radius 3 is 2.47 bits per heavy atom. The molecule has 0 saturated carbocycles. The van der Waals surface area contributed by atoms with Crippen molar-refractivity contribution >= 4 is 35.9 Å². The molecule has 7 heteroatoms. The van der Waals surface area contributed by atoms with Crippen LogP contribution in [0.15, 0.2) is 4.99 Å². The Balaban J connectivity index is 4.27. The van der Waals surface area contributed by atoms with Crippen molar-refractivity contribution in [2.45, 2.75) is 26.4 Å². The van der Waals surface area contributed by atoms with Gasteiger partial charge in [-0.05, 0) is 37.2 Å². The molecule has 0 aromatic carbocycles. The molecule has 0 aliphatic carbocycles. The summed E-state index contributed by atoms with van der Waals surface area (Å²) in [6, 6.07) is -0.502. The van der Waals surface area contributed by atoms with Crippen LogP contribution in [0.5, 0.6) is 0 Å². The van der Waals surface area contributed by atoms with Crippen LogP contribution in [0, 0.1) is 0 Å². The maximum Gasteiger partial charge on any atom is 0.368 e. The van der Waals surface area contributed by atoms with Gasteiger partial charge in [0.15, 0.2) is 0 Å². The summed E-state index contributed by atoms with van der Waals surface area (Å²) in [6.07, 6.45) is 4.36. The van der Waals surface area contributed by atoms with E-state index < -0.39 is 6.03 Å². The molecule has 1 unspecified atom stereocenters. The van der Waals surface area contributed by atoms with Crippen molar-refractivity contribution in [3.63, 3.8) is 0 Å². The second-order valence-corrected chi connectivity index (χ2v) is 4.38. The van der Waals surface area contributed by atoms with Crippen LogP contribution < -0.4 is 5.73 Å². The second-order valence-electron chi connectivity index (χ2n) is 2.69. The number of hydrogen-bond acceptors (Lipinski definition) is 4. The molecular weight excluding hydrogens is 234 g/mol. The molecule has 5 nitrogen and oxygen atoms in total. The Morgan fingerprint density at radius 1 is 1.53 bits per heavy atom. The lowest BCUT2D eigenvalue weighted by Gasteiger charge is -2.14. The average Bonchev–Trinajstić information content (AvgIpc) is 2.19. The van der Waals surface area contributed by atoms with Gasteiger partial charge in [0.1, 0.15) is 0 Å². The molecular formula is C8H17N3O2S2. The molecule has 2 N–H and O–H groups in total. The van der Waals surface area contributed by atoms with E-state index in [1.807, 2.05) is 13.8 Å². The summed E-state index contributed by atoms with van der Waals surface area (Å²) in [5.41, 5.74) is 5.46. The number of nitrogens with zero attached hydrogens (tertiary/aromatic N) is 2. The van der Waals surface area contributed by atoms with Gasteiger partial charge in [0.05, 0.1) is 6.10 Å². The van der Waals surface area contributed by atoms with Gasteiger partial charge in [-0.15, -0.1) is 4.99 Å². The molecule has 0 spiro atoms. The van der Waals surface area contributed by atoms with E-state index in [9.17, 15) is 4.79 Å². The number of rotatable bonds is 4. The zero-order valence-electron chi connectivity index (χ0n) is 9.39. The summed E-state index contributed by atoms with van der Waals surface area (Å²) in [7, 11) is 0. The Morgan fingerprint density at radius 2 is 2.07 bits per heavy atom. The Hall–Kier alpha value is -0.560. The monoisotopic (exact) mass is 251 g/mol. The molecule has 0 bridgehead atoms. The van der Waals surface area contributed by atoms with Gasteiger partial charge in [0, 0.05) is 12.5 Å². The fraction of sp³-hybridized carbons (Fsp3) is 0.750. The highest BCUT2D eigenvalue weighted by molar-refractivity contribution is 8.12. The average molecular weight is 251 g/mol. The number of amides is 2. The number of ether oxygens (including phenoxy) is 1. The van der Waals surface area contributed by atoms with Crippen LogP contribution in [-0.2, 0) is 4.74 Å². The summed E-state index contributed by atoms with van der Waals surface area (Å²) in [4.78, 5) is 15.0. The zero-order chi connectivity index (χ0) is 11.8. The minimum absolute atomic E-state index is 0.0291. The van der Waals surface area contributed by atoms with Gasteiger partial charge in [0.25, 0.3) is 6.02 Å². The van der Waals surface area contributed by atoms with Crippen LogP contribution in [0.3, 0.4) is 0 Å². The van der Waals surface area contributed by atoms with E-state index in [1.165, 1.54) is 27.6 Å². The number of hydrogen-bond donors (Lipinski definition) is 1. The maximum absolute atomic E-state index is 11.4. The summed E-state index contributed by atoms with van der Waals surface area (Å²) >= 11 is 2.55. The lowest BCUT2D eigenvalue weighted by molar-refractivity contribution is 0.198. The standard InChI is InChI=1S/C8H17N3O2S2/c1-5-6(2)13-7(9)10-8(12)11(14-3)15-4/h6H,5H2,1-4H3,(H2,9,10,12). The fourth-order valence-electron chi connectivity index (χ4n) is 0.682. The van der Waals surface area contributed by atoms with E-state index >= 15 is 0 Å². The summed E-state index contributed by atoms with van der Waals surface area (Å²) in [5.74, 6) is 0. The van der Waals surface area contributed by atoms with Gasteiger partial charge in [-0.3, -0.25) is 0 Å². The molecule has 88 valence electrons. The first-order valence-corrected chi connectivity index (χ1v) is 6.84. The van der Waals surface area contributed by atoms with E-state index in [-0.39, 0.29) is 12.1 Å². The van der Waals surface area contributed by atoms with Crippen molar-refractivity contribution in [3.05, 3.63) is 0 Å². The van der Waals surface area contributed by atoms with E-state index in [4.69, 9.17) is 10.5 Å². The third kappa shape index (κ3) is 5.78. The minimum Gasteiger partial charge on any atom is -0.462 e. The SMILES string of the molecule is CCC(C)O/C(N)=N\C(=O)N(SC)SC. The highest BCUT2D eigenvalue weighted by atomic mass is 32.2. The molecule has 0 aromatic rings. The van der Waals surface area contributed by atoms with Gasteiger partial charge < -0.3 is 10.5 Å². The molecule has 0 aromatic heterocycles. The maximum atomic E-state index is 11.4. The largest absolute Gasteiger partial charge is 0.462 e. The van der Waals surface area contributed by atoms with Crippen molar-refractivity contribution in [3.8, 4) is 0 Å². The predicted octanol–water partition coefficient (Wildman–Crippen LogP) is 2.09. The topological polar surface area (TPSA) is 67.9 Å². The third-order valence-corrected chi connectivity index (χ3v) is 3.46. The number of urea groups is 1. The highest BCUT2D eigenvalue weighted by Crippen LogP contribution is 2.17. The van der Waals surface area contributed by atoms with Crippen LogP contribution in [0.25, 0.3) is 0 Å². The second kappa shape index (κ2) is 7.70. The van der Waals surface area contributed by atoms with E-state index in [0.29, 0.717) is 0 Å². The molecule has 0 saturated heterocycles. The molecule has 0 aliphatic rings. The molecule has 0 rings (SSSR count). The zero-order valence-corrected chi connectivity index (χ0v) is 11.0. The third-order valence-electron chi connectivity index (χ3n) is 1.59. The molecule has 2 amide bonds. The summed E-state index contributed by atoms with van der Waals surface area (Å²) in [6.45, 7) is 3.84. The fourth-order valence-corrected chi connectivity index (χ4v) is 1.67. The highest BCUT2D eigenvalue weighted by Gasteiger charge is 2.12.